The van der Waals surface area contributed by atoms with Gasteiger partial charge in [-0.3, -0.25) is 19.2 Å². The van der Waals surface area contributed by atoms with Crippen LogP contribution in [0.15, 0.2) is 24.3 Å². The lowest BCUT2D eigenvalue weighted by atomic mass is 9.80. The molecule has 2 fully saturated rings. The molecule has 4 rings (SSSR count). The van der Waals surface area contributed by atoms with Crippen molar-refractivity contribution in [2.75, 3.05) is 18.9 Å². The number of hydrogen-bond donors (Lipinski definition) is 2. The van der Waals surface area contributed by atoms with Crippen LogP contribution >= 0.6 is 0 Å². The number of hydrogen-bond acceptors (Lipinski definition) is 5. The SMILES string of the molecule is C[C@H](NC(=O)C(F)(F)C(F)(F)C(F)(F)F)C(=O)N(C)[C@@H](CC1CC1)C(=O)N1C[C@]2(C[C@H]1C#N)C(=O)Nc1ccccc12. The van der Waals surface area contributed by atoms with Crippen molar-refractivity contribution in [3.8, 4) is 6.07 Å². The van der Waals surface area contributed by atoms with Gasteiger partial charge in [0.25, 0.3) is 5.91 Å². The second-order valence-electron chi connectivity index (χ2n) is 10.9. The normalized spacial score (nSPS) is 23.6. The molecule has 2 heterocycles. The second-order valence-corrected chi connectivity index (χ2v) is 10.9. The molecule has 3 aliphatic rings. The minimum absolute atomic E-state index is 0.0264. The molecule has 16 heteroatoms. The van der Waals surface area contributed by atoms with Gasteiger partial charge in [0.05, 0.1) is 11.5 Å². The van der Waals surface area contributed by atoms with Crippen LogP contribution < -0.4 is 10.6 Å². The van der Waals surface area contributed by atoms with Crippen molar-refractivity contribution in [2.24, 2.45) is 5.92 Å². The Morgan fingerprint density at radius 3 is 2.36 bits per heavy atom. The van der Waals surface area contributed by atoms with Gasteiger partial charge < -0.3 is 20.4 Å². The third-order valence-corrected chi connectivity index (χ3v) is 8.02. The fraction of sp³-hybridized carbons (Fsp3) is 0.577. The fourth-order valence-electron chi connectivity index (χ4n) is 5.40. The van der Waals surface area contributed by atoms with E-state index < -0.39 is 65.2 Å². The van der Waals surface area contributed by atoms with E-state index in [1.54, 1.807) is 24.3 Å². The molecule has 2 N–H and O–H groups in total. The summed E-state index contributed by atoms with van der Waals surface area (Å²) in [4.78, 5) is 53.7. The van der Waals surface area contributed by atoms with Crippen LogP contribution in [-0.2, 0) is 24.6 Å². The van der Waals surface area contributed by atoms with Crippen molar-refractivity contribution >= 4 is 29.3 Å². The molecular weight excluding hydrogens is 579 g/mol. The number of amides is 4. The van der Waals surface area contributed by atoms with Gasteiger partial charge in [0.2, 0.25) is 17.7 Å². The summed E-state index contributed by atoms with van der Waals surface area (Å²) in [6.07, 6.45) is -5.34. The first-order valence-corrected chi connectivity index (χ1v) is 12.9. The van der Waals surface area contributed by atoms with Crippen molar-refractivity contribution in [3.63, 3.8) is 0 Å². The Balaban J connectivity index is 1.55. The molecule has 42 heavy (non-hydrogen) atoms. The zero-order valence-electron chi connectivity index (χ0n) is 22.3. The highest BCUT2D eigenvalue weighted by atomic mass is 19.4. The Morgan fingerprint density at radius 1 is 1.17 bits per heavy atom. The summed E-state index contributed by atoms with van der Waals surface area (Å²) in [5.41, 5.74) is -0.134. The number of rotatable bonds is 8. The smallest absolute Gasteiger partial charge is 0.339 e. The molecule has 9 nitrogen and oxygen atoms in total. The number of halogens is 7. The van der Waals surface area contributed by atoms with Gasteiger partial charge in [0.1, 0.15) is 18.1 Å². The molecule has 0 aromatic heterocycles. The van der Waals surface area contributed by atoms with E-state index in [1.165, 1.54) is 5.32 Å². The van der Waals surface area contributed by atoms with Crippen LogP contribution in [0.2, 0.25) is 0 Å². The predicted molar refractivity (Wildman–Crippen MR) is 130 cm³/mol. The largest absolute Gasteiger partial charge is 0.460 e. The number of nitrogens with one attached hydrogen (secondary N) is 2. The van der Waals surface area contributed by atoms with Crippen LogP contribution in [0, 0.1) is 17.2 Å². The highest BCUT2D eigenvalue weighted by Crippen LogP contribution is 2.48. The topological polar surface area (TPSA) is 123 Å². The molecule has 0 radical (unpaired) electrons. The average Bonchev–Trinajstić information content (AvgIpc) is 3.59. The van der Waals surface area contributed by atoms with E-state index in [4.69, 9.17) is 0 Å². The molecule has 1 aromatic rings. The number of benzene rings is 1. The molecule has 4 atom stereocenters. The van der Waals surface area contributed by atoms with Crippen LogP contribution in [0.3, 0.4) is 0 Å². The number of nitriles is 1. The number of nitrogens with zero attached hydrogens (tertiary/aromatic N) is 3. The summed E-state index contributed by atoms with van der Waals surface area (Å²) in [6, 6.07) is 4.32. The van der Waals surface area contributed by atoms with Gasteiger partial charge in [-0.2, -0.15) is 36.0 Å². The van der Waals surface area contributed by atoms with E-state index in [2.05, 4.69) is 5.32 Å². The Morgan fingerprint density at radius 2 is 1.79 bits per heavy atom. The summed E-state index contributed by atoms with van der Waals surface area (Å²) in [5.74, 6) is -18.4. The van der Waals surface area contributed by atoms with Gasteiger partial charge in [-0.1, -0.05) is 31.0 Å². The van der Waals surface area contributed by atoms with Crippen LogP contribution in [-0.4, -0.2) is 83.2 Å². The van der Waals surface area contributed by atoms with E-state index >= 15 is 0 Å². The summed E-state index contributed by atoms with van der Waals surface area (Å²) in [7, 11) is 1.09. The van der Waals surface area contributed by atoms with Crippen molar-refractivity contribution in [1.82, 2.24) is 15.1 Å². The van der Waals surface area contributed by atoms with Crippen molar-refractivity contribution in [3.05, 3.63) is 29.8 Å². The lowest BCUT2D eigenvalue weighted by Gasteiger charge is -2.34. The molecular formula is C26H26F7N5O4. The van der Waals surface area contributed by atoms with E-state index in [1.807, 2.05) is 6.07 Å². The maximum Gasteiger partial charge on any atom is 0.460 e. The first-order chi connectivity index (χ1) is 19.4. The summed E-state index contributed by atoms with van der Waals surface area (Å²) >= 11 is 0. The number of likely N-dealkylation sites (N-methyl/N-ethyl adjacent to an activating group) is 1. The van der Waals surface area contributed by atoms with Gasteiger partial charge in [0, 0.05) is 25.7 Å². The van der Waals surface area contributed by atoms with Gasteiger partial charge in [0.15, 0.2) is 0 Å². The van der Waals surface area contributed by atoms with Crippen molar-refractivity contribution < 1.29 is 49.9 Å². The Kier molecular flexibility index (Phi) is 7.71. The summed E-state index contributed by atoms with van der Waals surface area (Å²) < 4.78 is 91.7. The highest BCUT2D eigenvalue weighted by molar-refractivity contribution is 6.07. The maximum absolute atomic E-state index is 13.8. The van der Waals surface area contributed by atoms with Gasteiger partial charge in [-0.05, 0) is 30.9 Å². The summed E-state index contributed by atoms with van der Waals surface area (Å²) in [5, 5.41) is 13.8. The van der Waals surface area contributed by atoms with E-state index in [9.17, 15) is 55.2 Å². The molecule has 1 saturated carbocycles. The molecule has 1 spiro atoms. The number of para-hydroxylation sites is 1. The van der Waals surface area contributed by atoms with Crippen molar-refractivity contribution in [1.29, 1.82) is 5.26 Å². The molecule has 1 aliphatic carbocycles. The van der Waals surface area contributed by atoms with Crippen LogP contribution in [0.25, 0.3) is 0 Å². The third-order valence-electron chi connectivity index (χ3n) is 8.02. The fourth-order valence-corrected chi connectivity index (χ4v) is 5.40. The third kappa shape index (κ3) is 5.02. The van der Waals surface area contributed by atoms with E-state index in [0.717, 1.165) is 23.8 Å². The predicted octanol–water partition coefficient (Wildman–Crippen LogP) is 2.97. The first kappa shape index (κ1) is 31.0. The minimum atomic E-state index is -6.75. The molecule has 1 saturated heterocycles. The number of carbonyl (C=O) groups is 4. The van der Waals surface area contributed by atoms with E-state index in [-0.39, 0.29) is 25.3 Å². The highest BCUT2D eigenvalue weighted by Gasteiger charge is 2.76. The summed E-state index contributed by atoms with van der Waals surface area (Å²) in [6.45, 7) is 0.584. The standard InChI is InChI=1S/C26H26F7N5O4/c1-13(35-22(42)24(27,28)25(29,30)26(31,32)33)19(39)37(2)18(9-14-7-8-14)20(40)38-12-23(10-15(38)11-34)16-5-3-4-6-17(16)36-21(23)41/h3-6,13-15,18H,7-10,12H2,1-2H3,(H,35,42)(H,36,41)/t13-,15-,18-,23-/m0/s1. The van der Waals surface area contributed by atoms with Gasteiger partial charge >= 0.3 is 18.0 Å². The molecule has 2 aliphatic heterocycles. The Hall–Kier alpha value is -3.90. The van der Waals surface area contributed by atoms with Crippen molar-refractivity contribution in [2.45, 2.75) is 74.2 Å². The van der Waals surface area contributed by atoms with Crippen LogP contribution in [0.5, 0.6) is 0 Å². The lowest BCUT2D eigenvalue weighted by Crippen LogP contribution is -2.62. The zero-order valence-corrected chi connectivity index (χ0v) is 22.3. The zero-order chi connectivity index (χ0) is 31.4. The monoisotopic (exact) mass is 605 g/mol. The first-order valence-electron chi connectivity index (χ1n) is 12.9. The molecule has 0 bridgehead atoms. The molecule has 0 unspecified atom stereocenters. The number of anilines is 1. The average molecular weight is 606 g/mol. The van der Waals surface area contributed by atoms with Gasteiger partial charge in [-0.15, -0.1) is 0 Å². The van der Waals surface area contributed by atoms with Gasteiger partial charge in [-0.25, -0.2) is 0 Å². The number of likely N-dealkylation sites (tertiary alicyclic amines) is 1. The molecule has 228 valence electrons. The lowest BCUT2D eigenvalue weighted by molar-refractivity contribution is -0.344. The Labute approximate surface area is 235 Å². The minimum Gasteiger partial charge on any atom is -0.339 e. The second kappa shape index (κ2) is 10.4. The number of carbonyl (C=O) groups excluding carboxylic acids is 4. The molecule has 4 amide bonds. The van der Waals surface area contributed by atoms with Crippen LogP contribution in [0.1, 0.15) is 38.2 Å². The quantitative estimate of drug-likeness (QED) is 0.442. The Bertz CT molecular complexity index is 1340. The van der Waals surface area contributed by atoms with E-state index in [0.29, 0.717) is 24.1 Å². The maximum atomic E-state index is 13.8. The van der Waals surface area contributed by atoms with Crippen LogP contribution in [0.4, 0.5) is 36.4 Å². The number of fused-ring (bicyclic) bond motifs is 2. The number of alkyl halides is 7. The molecule has 1 aromatic carbocycles.